The number of benzene rings is 1. The van der Waals surface area contributed by atoms with Gasteiger partial charge in [0.25, 0.3) is 0 Å². The average Bonchev–Trinajstić information content (AvgIpc) is 2.84. The molecule has 6 nitrogen and oxygen atoms in total. The van der Waals surface area contributed by atoms with E-state index in [9.17, 15) is 15.0 Å². The van der Waals surface area contributed by atoms with Crippen molar-refractivity contribution in [2.24, 2.45) is 5.41 Å². The summed E-state index contributed by atoms with van der Waals surface area (Å²) in [5.41, 5.74) is 0.678. The number of aromatic hydroxyl groups is 2. The Hall–Kier alpha value is -1.82. The van der Waals surface area contributed by atoms with Crippen LogP contribution in [0.1, 0.15) is 6.92 Å². The van der Waals surface area contributed by atoms with Crippen molar-refractivity contribution in [1.29, 1.82) is 0 Å². The van der Waals surface area contributed by atoms with E-state index in [0.29, 0.717) is 29.2 Å². The normalized spacial score (nSPS) is 16.2. The number of carbonyl (C=O) groups is 1. The van der Waals surface area contributed by atoms with E-state index in [1.54, 1.807) is 6.07 Å². The SMILES string of the molecule is CC1(C(=O)Nc2nc(-c3ccc(O)cc3O)c[se]2)COC1. The molecule has 1 aromatic carbocycles. The van der Waals surface area contributed by atoms with Gasteiger partial charge in [0.05, 0.1) is 0 Å². The number of nitrogens with one attached hydrogen (secondary N) is 1. The Labute approximate surface area is 127 Å². The van der Waals surface area contributed by atoms with Crippen LogP contribution in [0.5, 0.6) is 11.5 Å². The third kappa shape index (κ3) is 2.67. The van der Waals surface area contributed by atoms with Crippen LogP contribution in [-0.4, -0.2) is 48.8 Å². The molecule has 0 saturated carbocycles. The number of rotatable bonds is 3. The van der Waals surface area contributed by atoms with Crippen LogP contribution in [0.15, 0.2) is 23.1 Å². The van der Waals surface area contributed by atoms with Gasteiger partial charge in [-0.15, -0.1) is 0 Å². The molecule has 21 heavy (non-hydrogen) atoms. The van der Waals surface area contributed by atoms with Crippen LogP contribution in [0, 0.1) is 5.41 Å². The van der Waals surface area contributed by atoms with E-state index in [1.165, 1.54) is 12.1 Å². The summed E-state index contributed by atoms with van der Waals surface area (Å²) >= 11 is -0.0870. The Bertz CT molecular complexity index is 694. The van der Waals surface area contributed by atoms with Crippen LogP contribution in [0.4, 0.5) is 4.69 Å². The Kier molecular flexibility index (Phi) is 3.49. The third-order valence-electron chi connectivity index (χ3n) is 3.37. The molecule has 1 aliphatic heterocycles. The molecule has 0 spiro atoms. The molecule has 0 aliphatic carbocycles. The summed E-state index contributed by atoms with van der Waals surface area (Å²) in [5.74, 6) is -0.123. The standard InChI is InChI=1S/C14H14N2O4Se/c1-14(6-20-7-14)12(19)16-13-15-10(5-21-13)9-3-2-8(17)4-11(9)18/h2-5,17-18H,6-7H2,1H3,(H,15,16,19). The number of phenolic OH excluding ortho intramolecular Hbond substituents is 2. The first-order chi connectivity index (χ1) is 9.98. The van der Waals surface area contributed by atoms with Crippen LogP contribution in [0.2, 0.25) is 0 Å². The Morgan fingerprint density at radius 1 is 1.43 bits per heavy atom. The van der Waals surface area contributed by atoms with Crippen molar-refractivity contribution in [1.82, 2.24) is 4.98 Å². The van der Waals surface area contributed by atoms with Gasteiger partial charge in [0.2, 0.25) is 0 Å². The summed E-state index contributed by atoms with van der Waals surface area (Å²) in [6.07, 6.45) is 0. The van der Waals surface area contributed by atoms with E-state index in [-0.39, 0.29) is 31.9 Å². The maximum atomic E-state index is 12.1. The monoisotopic (exact) mass is 354 g/mol. The van der Waals surface area contributed by atoms with Crippen molar-refractivity contribution in [3.8, 4) is 22.8 Å². The van der Waals surface area contributed by atoms with Gasteiger partial charge in [-0.05, 0) is 0 Å². The maximum absolute atomic E-state index is 12.1. The molecule has 1 aliphatic rings. The summed E-state index contributed by atoms with van der Waals surface area (Å²) in [4.78, 5) is 18.3. The summed E-state index contributed by atoms with van der Waals surface area (Å²) in [6, 6.07) is 4.35. The Balaban J connectivity index is 1.78. The van der Waals surface area contributed by atoms with Gasteiger partial charge in [0.15, 0.2) is 0 Å². The Morgan fingerprint density at radius 3 is 2.81 bits per heavy atom. The van der Waals surface area contributed by atoms with Gasteiger partial charge in [-0.3, -0.25) is 0 Å². The molecule has 1 amide bonds. The van der Waals surface area contributed by atoms with Gasteiger partial charge in [-0.2, -0.15) is 0 Å². The molecule has 0 bridgehead atoms. The van der Waals surface area contributed by atoms with Crippen LogP contribution >= 0.6 is 0 Å². The second-order valence-corrected chi connectivity index (χ2v) is 7.05. The van der Waals surface area contributed by atoms with Crippen LogP contribution in [0.25, 0.3) is 11.3 Å². The number of ether oxygens (including phenoxy) is 1. The minimum atomic E-state index is -0.470. The van der Waals surface area contributed by atoms with E-state index in [1.807, 2.05) is 11.9 Å². The zero-order chi connectivity index (χ0) is 15.0. The number of hydrogen-bond acceptors (Lipinski definition) is 5. The Morgan fingerprint density at radius 2 is 2.19 bits per heavy atom. The fourth-order valence-electron chi connectivity index (χ4n) is 1.98. The number of anilines is 1. The van der Waals surface area contributed by atoms with Crippen molar-refractivity contribution in [2.75, 3.05) is 18.5 Å². The number of aromatic nitrogens is 1. The molecular weight excluding hydrogens is 339 g/mol. The molecule has 0 unspecified atom stereocenters. The zero-order valence-electron chi connectivity index (χ0n) is 11.3. The van der Waals surface area contributed by atoms with Gasteiger partial charge in [-0.25, -0.2) is 0 Å². The van der Waals surface area contributed by atoms with Crippen molar-refractivity contribution in [3.05, 3.63) is 23.1 Å². The minimum absolute atomic E-state index is 0.00392. The van der Waals surface area contributed by atoms with Gasteiger partial charge in [-0.1, -0.05) is 0 Å². The second kappa shape index (κ2) is 5.18. The van der Waals surface area contributed by atoms with Crippen LogP contribution in [-0.2, 0) is 9.53 Å². The molecular formula is C14H14N2O4Se. The summed E-state index contributed by atoms with van der Waals surface area (Å²) < 4.78 is 5.69. The van der Waals surface area contributed by atoms with Gasteiger partial charge < -0.3 is 0 Å². The molecule has 1 fully saturated rings. The number of amides is 1. The molecule has 2 heterocycles. The van der Waals surface area contributed by atoms with E-state index in [4.69, 9.17) is 4.74 Å². The molecule has 1 saturated heterocycles. The molecule has 0 atom stereocenters. The first-order valence-corrected chi connectivity index (χ1v) is 8.20. The summed E-state index contributed by atoms with van der Waals surface area (Å²) in [6.45, 7) is 2.71. The number of carbonyl (C=O) groups excluding carboxylic acids is 1. The van der Waals surface area contributed by atoms with E-state index in [0.717, 1.165) is 0 Å². The topological polar surface area (TPSA) is 91.7 Å². The first kappa shape index (κ1) is 14.1. The predicted octanol–water partition coefficient (Wildman–Crippen LogP) is 1.19. The van der Waals surface area contributed by atoms with Crippen LogP contribution in [0.3, 0.4) is 0 Å². The average molecular weight is 353 g/mol. The van der Waals surface area contributed by atoms with Crippen molar-refractivity contribution < 1.29 is 19.7 Å². The fourth-order valence-corrected chi connectivity index (χ4v) is 3.46. The van der Waals surface area contributed by atoms with Gasteiger partial charge in [0.1, 0.15) is 0 Å². The molecule has 1 aromatic heterocycles. The zero-order valence-corrected chi connectivity index (χ0v) is 13.0. The first-order valence-electron chi connectivity index (χ1n) is 6.35. The molecule has 110 valence electrons. The quantitative estimate of drug-likeness (QED) is 0.721. The van der Waals surface area contributed by atoms with E-state index >= 15 is 0 Å². The van der Waals surface area contributed by atoms with Crippen molar-refractivity contribution in [3.63, 3.8) is 0 Å². The third-order valence-corrected chi connectivity index (χ3v) is 4.96. The van der Waals surface area contributed by atoms with E-state index in [2.05, 4.69) is 10.3 Å². The summed E-state index contributed by atoms with van der Waals surface area (Å²) in [5, 5.41) is 22.0. The van der Waals surface area contributed by atoms with Crippen LogP contribution < -0.4 is 5.32 Å². The van der Waals surface area contributed by atoms with Crippen molar-refractivity contribution >= 4 is 25.1 Å². The molecule has 2 aromatic rings. The van der Waals surface area contributed by atoms with Gasteiger partial charge in [0, 0.05) is 0 Å². The van der Waals surface area contributed by atoms with E-state index < -0.39 is 5.41 Å². The number of nitrogens with zero attached hydrogens (tertiary/aromatic N) is 1. The fraction of sp³-hybridized carbons (Fsp3) is 0.286. The predicted molar refractivity (Wildman–Crippen MR) is 77.5 cm³/mol. The number of phenols is 2. The molecule has 0 radical (unpaired) electrons. The summed E-state index contributed by atoms with van der Waals surface area (Å²) in [7, 11) is 0. The molecule has 3 N–H and O–H groups in total. The second-order valence-electron chi connectivity index (χ2n) is 5.25. The molecule has 7 heteroatoms. The molecule has 3 rings (SSSR count). The number of hydrogen-bond donors (Lipinski definition) is 3. The van der Waals surface area contributed by atoms with Gasteiger partial charge >= 0.3 is 127 Å². The van der Waals surface area contributed by atoms with Crippen molar-refractivity contribution in [2.45, 2.75) is 6.92 Å².